The molecule has 88 valence electrons. The molecule has 1 fully saturated rings. The van der Waals surface area contributed by atoms with Crippen LogP contribution in [0.1, 0.15) is 49.7 Å². The van der Waals surface area contributed by atoms with Crippen LogP contribution in [0.25, 0.3) is 0 Å². The monoisotopic (exact) mass is 221 g/mol. The molecule has 1 aromatic rings. The van der Waals surface area contributed by atoms with Crippen LogP contribution in [-0.4, -0.2) is 13.1 Å². The van der Waals surface area contributed by atoms with E-state index in [1.54, 1.807) is 6.07 Å². The van der Waals surface area contributed by atoms with Gasteiger partial charge in [0.1, 0.15) is 5.82 Å². The van der Waals surface area contributed by atoms with Crippen LogP contribution in [-0.2, 0) is 0 Å². The van der Waals surface area contributed by atoms with Gasteiger partial charge in [0.25, 0.3) is 0 Å². The zero-order chi connectivity index (χ0) is 11.7. The predicted octanol–water partition coefficient (Wildman–Crippen LogP) is 3.41. The summed E-state index contributed by atoms with van der Waals surface area (Å²) in [5, 5.41) is 3.25. The third-order valence-electron chi connectivity index (χ3n) is 3.66. The van der Waals surface area contributed by atoms with Gasteiger partial charge >= 0.3 is 0 Å². The van der Waals surface area contributed by atoms with E-state index in [9.17, 15) is 4.39 Å². The molecule has 1 aliphatic rings. The Morgan fingerprint density at radius 1 is 1.31 bits per heavy atom. The van der Waals surface area contributed by atoms with Gasteiger partial charge in [0.2, 0.25) is 0 Å². The van der Waals surface area contributed by atoms with E-state index in [1.807, 2.05) is 27.0 Å². The van der Waals surface area contributed by atoms with E-state index in [1.165, 1.54) is 0 Å². The average Bonchev–Trinajstić information content (AvgIpc) is 2.15. The van der Waals surface area contributed by atoms with Crippen molar-refractivity contribution in [3.05, 3.63) is 35.1 Å². The standard InChI is InChI=1S/C14H20FN/c1-9(2)13-5-4-10(8-14(13)15)11-6-12(7-11)16-3/h4-5,8-9,11-12,16H,6-7H2,1-3H3. The van der Waals surface area contributed by atoms with E-state index in [2.05, 4.69) is 11.4 Å². The van der Waals surface area contributed by atoms with Gasteiger partial charge in [0.05, 0.1) is 0 Å². The highest BCUT2D eigenvalue weighted by molar-refractivity contribution is 5.30. The van der Waals surface area contributed by atoms with Crippen LogP contribution in [0.3, 0.4) is 0 Å². The summed E-state index contributed by atoms with van der Waals surface area (Å²) in [4.78, 5) is 0. The summed E-state index contributed by atoms with van der Waals surface area (Å²) in [5.74, 6) is 0.772. The van der Waals surface area contributed by atoms with Gasteiger partial charge in [-0.1, -0.05) is 26.0 Å². The lowest BCUT2D eigenvalue weighted by molar-refractivity contribution is 0.306. The van der Waals surface area contributed by atoms with Crippen molar-refractivity contribution >= 4 is 0 Å². The van der Waals surface area contributed by atoms with Gasteiger partial charge in [-0.2, -0.15) is 0 Å². The van der Waals surface area contributed by atoms with Gasteiger partial charge in [-0.3, -0.25) is 0 Å². The Kier molecular flexibility index (Phi) is 3.29. The van der Waals surface area contributed by atoms with Gasteiger partial charge in [-0.15, -0.1) is 0 Å². The van der Waals surface area contributed by atoms with Crippen LogP contribution in [0, 0.1) is 5.82 Å². The quantitative estimate of drug-likeness (QED) is 0.824. The van der Waals surface area contributed by atoms with Gasteiger partial charge in [0, 0.05) is 6.04 Å². The minimum Gasteiger partial charge on any atom is -0.317 e. The fourth-order valence-corrected chi connectivity index (χ4v) is 2.39. The lowest BCUT2D eigenvalue weighted by atomic mass is 9.75. The molecule has 0 heterocycles. The molecule has 0 saturated heterocycles. The van der Waals surface area contributed by atoms with E-state index < -0.39 is 0 Å². The number of hydrogen-bond donors (Lipinski definition) is 1. The van der Waals surface area contributed by atoms with Crippen LogP contribution in [0.5, 0.6) is 0 Å². The number of halogens is 1. The van der Waals surface area contributed by atoms with Crippen molar-refractivity contribution in [2.24, 2.45) is 0 Å². The van der Waals surface area contributed by atoms with Crippen molar-refractivity contribution < 1.29 is 4.39 Å². The topological polar surface area (TPSA) is 12.0 Å². The molecule has 1 nitrogen and oxygen atoms in total. The summed E-state index contributed by atoms with van der Waals surface area (Å²) >= 11 is 0. The molecule has 0 aliphatic heterocycles. The van der Waals surface area contributed by atoms with Crippen LogP contribution in [0.4, 0.5) is 4.39 Å². The normalized spacial score (nSPS) is 24.6. The maximum Gasteiger partial charge on any atom is 0.126 e. The molecule has 16 heavy (non-hydrogen) atoms. The molecule has 1 saturated carbocycles. The molecule has 0 unspecified atom stereocenters. The Hall–Kier alpha value is -0.890. The average molecular weight is 221 g/mol. The fraction of sp³-hybridized carbons (Fsp3) is 0.571. The van der Waals surface area contributed by atoms with Crippen LogP contribution >= 0.6 is 0 Å². The van der Waals surface area contributed by atoms with Crippen molar-refractivity contribution in [1.82, 2.24) is 5.32 Å². The Bertz CT molecular complexity index is 367. The molecule has 0 atom stereocenters. The maximum absolute atomic E-state index is 13.8. The molecule has 0 amide bonds. The molecular weight excluding hydrogens is 201 g/mol. The minimum atomic E-state index is -0.0413. The second-order valence-corrected chi connectivity index (χ2v) is 5.09. The van der Waals surface area contributed by atoms with Crippen molar-refractivity contribution in [2.75, 3.05) is 7.05 Å². The summed E-state index contributed by atoms with van der Waals surface area (Å²) in [6, 6.07) is 6.39. The van der Waals surface area contributed by atoms with Gasteiger partial charge in [-0.05, 0) is 48.9 Å². The summed E-state index contributed by atoms with van der Waals surface area (Å²) in [6.45, 7) is 4.05. The van der Waals surface area contributed by atoms with Crippen molar-refractivity contribution in [1.29, 1.82) is 0 Å². The van der Waals surface area contributed by atoms with Crippen LogP contribution in [0.15, 0.2) is 18.2 Å². The molecule has 1 aromatic carbocycles. The van der Waals surface area contributed by atoms with Gasteiger partial charge < -0.3 is 5.32 Å². The van der Waals surface area contributed by atoms with E-state index in [-0.39, 0.29) is 11.7 Å². The SMILES string of the molecule is CNC1CC(c2ccc(C(C)C)c(F)c2)C1. The van der Waals surface area contributed by atoms with Crippen molar-refractivity contribution in [3.8, 4) is 0 Å². The first-order valence-corrected chi connectivity index (χ1v) is 6.08. The van der Waals surface area contributed by atoms with E-state index in [0.717, 1.165) is 24.0 Å². The lowest BCUT2D eigenvalue weighted by Gasteiger charge is -2.35. The van der Waals surface area contributed by atoms with E-state index >= 15 is 0 Å². The molecule has 1 N–H and O–H groups in total. The van der Waals surface area contributed by atoms with Gasteiger partial charge in [-0.25, -0.2) is 4.39 Å². The number of rotatable bonds is 3. The van der Waals surface area contributed by atoms with Crippen LogP contribution < -0.4 is 5.32 Å². The maximum atomic E-state index is 13.8. The molecule has 0 bridgehead atoms. The fourth-order valence-electron chi connectivity index (χ4n) is 2.39. The lowest BCUT2D eigenvalue weighted by Crippen LogP contribution is -2.37. The number of nitrogens with one attached hydrogen (secondary N) is 1. The summed E-state index contributed by atoms with van der Waals surface area (Å²) < 4.78 is 13.8. The Balaban J connectivity index is 2.10. The minimum absolute atomic E-state index is 0.0413. The highest BCUT2D eigenvalue weighted by Crippen LogP contribution is 2.37. The second-order valence-electron chi connectivity index (χ2n) is 5.09. The third-order valence-corrected chi connectivity index (χ3v) is 3.66. The number of hydrogen-bond acceptors (Lipinski definition) is 1. The zero-order valence-corrected chi connectivity index (χ0v) is 10.3. The zero-order valence-electron chi connectivity index (χ0n) is 10.3. The predicted molar refractivity (Wildman–Crippen MR) is 65.3 cm³/mol. The molecule has 2 rings (SSSR count). The molecule has 0 spiro atoms. The van der Waals surface area contributed by atoms with Crippen LogP contribution in [0.2, 0.25) is 0 Å². The Labute approximate surface area is 97.1 Å². The highest BCUT2D eigenvalue weighted by atomic mass is 19.1. The van der Waals surface area contributed by atoms with Gasteiger partial charge in [0.15, 0.2) is 0 Å². The first-order chi connectivity index (χ1) is 7.61. The Morgan fingerprint density at radius 2 is 2.00 bits per heavy atom. The van der Waals surface area contributed by atoms with E-state index in [4.69, 9.17) is 0 Å². The first-order valence-electron chi connectivity index (χ1n) is 6.08. The number of benzene rings is 1. The van der Waals surface area contributed by atoms with Crippen molar-refractivity contribution in [2.45, 2.75) is 44.6 Å². The highest BCUT2D eigenvalue weighted by Gasteiger charge is 2.29. The largest absolute Gasteiger partial charge is 0.317 e. The molecule has 0 radical (unpaired) electrons. The summed E-state index contributed by atoms with van der Waals surface area (Å²) in [7, 11) is 1.99. The third kappa shape index (κ3) is 2.12. The second kappa shape index (κ2) is 4.54. The molecule has 1 aliphatic carbocycles. The summed E-state index contributed by atoms with van der Waals surface area (Å²) in [6.07, 6.45) is 2.27. The molecular formula is C14H20FN. The Morgan fingerprint density at radius 3 is 2.50 bits per heavy atom. The summed E-state index contributed by atoms with van der Waals surface area (Å²) in [5.41, 5.74) is 1.99. The van der Waals surface area contributed by atoms with E-state index in [0.29, 0.717) is 12.0 Å². The van der Waals surface area contributed by atoms with Crippen molar-refractivity contribution in [3.63, 3.8) is 0 Å². The molecule has 0 aromatic heterocycles. The first kappa shape index (κ1) is 11.6. The molecule has 2 heteroatoms. The smallest absolute Gasteiger partial charge is 0.126 e.